The van der Waals surface area contributed by atoms with Gasteiger partial charge in [0.05, 0.1) is 0 Å². The summed E-state index contributed by atoms with van der Waals surface area (Å²) < 4.78 is 34.0. The van der Waals surface area contributed by atoms with Crippen molar-refractivity contribution in [1.82, 2.24) is 0 Å². The molecule has 22 heavy (non-hydrogen) atoms. The topological polar surface area (TPSA) is 75.3 Å². The molecular formula is C16H14NO4S+. The Morgan fingerprint density at radius 2 is 1.82 bits per heavy atom. The third kappa shape index (κ3) is 3.04. The fourth-order valence-electron chi connectivity index (χ4n) is 2.13. The lowest BCUT2D eigenvalue weighted by molar-refractivity contribution is -0.600. The summed E-state index contributed by atoms with van der Waals surface area (Å²) in [5.74, 6) is -0.251. The zero-order valence-electron chi connectivity index (χ0n) is 11.9. The molecule has 0 radical (unpaired) electrons. The van der Waals surface area contributed by atoms with Crippen LogP contribution in [0.4, 0.5) is 0 Å². The molecule has 0 saturated heterocycles. The van der Waals surface area contributed by atoms with Crippen molar-refractivity contribution in [2.45, 2.75) is 11.8 Å². The highest BCUT2D eigenvalue weighted by Crippen LogP contribution is 2.18. The first-order valence-corrected chi connectivity index (χ1v) is 7.79. The normalized spacial score (nSPS) is 10.8. The van der Waals surface area contributed by atoms with Gasteiger partial charge in [-0.15, -0.1) is 5.73 Å². The molecule has 0 fully saturated rings. The molecule has 6 heteroatoms. The second-order valence-corrected chi connectivity index (χ2v) is 5.90. The second-order valence-electron chi connectivity index (χ2n) is 4.51. The van der Waals surface area contributed by atoms with Gasteiger partial charge in [-0.05, 0) is 12.1 Å². The molecule has 0 unspecified atom stereocenters. The van der Waals surface area contributed by atoms with Crippen LogP contribution in [0.3, 0.4) is 0 Å². The van der Waals surface area contributed by atoms with E-state index in [4.69, 9.17) is 0 Å². The van der Waals surface area contributed by atoms with Crippen molar-refractivity contribution >= 4 is 21.5 Å². The molecular weight excluding hydrogens is 302 g/mol. The maximum atomic E-state index is 11.7. The molecule has 0 spiro atoms. The molecule has 1 N–H and O–H groups in total. The predicted octanol–water partition coefficient (Wildman–Crippen LogP) is 1.97. The van der Waals surface area contributed by atoms with Crippen LogP contribution in [0.1, 0.15) is 12.6 Å². The number of ketones is 1. The number of aromatic nitrogens is 1. The van der Waals surface area contributed by atoms with Gasteiger partial charge >= 0.3 is 10.1 Å². The Hall–Kier alpha value is -2.53. The van der Waals surface area contributed by atoms with Crippen molar-refractivity contribution in [3.63, 3.8) is 0 Å². The van der Waals surface area contributed by atoms with Crippen molar-refractivity contribution in [1.29, 1.82) is 0 Å². The van der Waals surface area contributed by atoms with Crippen LogP contribution in [0.15, 0.2) is 65.9 Å². The Kier molecular flexibility index (Phi) is 4.37. The lowest BCUT2D eigenvalue weighted by Crippen LogP contribution is -2.37. The third-order valence-electron chi connectivity index (χ3n) is 3.05. The van der Waals surface area contributed by atoms with E-state index in [0.717, 1.165) is 0 Å². The maximum Gasteiger partial charge on any atom is 0.301 e. The lowest BCUT2D eigenvalue weighted by Gasteiger charge is -2.06. The molecule has 1 aromatic carbocycles. The van der Waals surface area contributed by atoms with E-state index in [1.807, 2.05) is 0 Å². The third-order valence-corrected chi connectivity index (χ3v) is 3.95. The second kappa shape index (κ2) is 6.07. The first kappa shape index (κ1) is 15.9. The number of rotatable bonds is 4. The fourth-order valence-corrected chi connectivity index (χ4v) is 2.81. The molecule has 0 bridgehead atoms. The standard InChI is InChI=1S/C16H13NO4S/c1-3-13(12(2)18)14-8-6-7-11-17(14)15-9-4-5-10-16(15)22(19,20)21/h4-11H,1H2,2H3/p+1. The van der Waals surface area contributed by atoms with Crippen LogP contribution in [0.25, 0.3) is 11.3 Å². The van der Waals surface area contributed by atoms with E-state index in [1.165, 1.54) is 29.7 Å². The van der Waals surface area contributed by atoms with E-state index in [0.29, 0.717) is 5.69 Å². The van der Waals surface area contributed by atoms with Crippen LogP contribution in [0.5, 0.6) is 0 Å². The number of allylic oxidation sites excluding steroid dienone is 1. The van der Waals surface area contributed by atoms with Gasteiger partial charge in [-0.25, -0.2) is 0 Å². The number of carbonyl (C=O) groups is 1. The van der Waals surface area contributed by atoms with E-state index < -0.39 is 10.1 Å². The molecule has 112 valence electrons. The Morgan fingerprint density at radius 3 is 2.41 bits per heavy atom. The van der Waals surface area contributed by atoms with Gasteiger partial charge in [0.1, 0.15) is 5.57 Å². The average Bonchev–Trinajstić information content (AvgIpc) is 2.47. The molecule has 1 heterocycles. The zero-order chi connectivity index (χ0) is 16.3. The summed E-state index contributed by atoms with van der Waals surface area (Å²) in [4.78, 5) is 11.5. The van der Waals surface area contributed by atoms with Crippen LogP contribution < -0.4 is 4.57 Å². The number of hydrogen-bond acceptors (Lipinski definition) is 3. The molecule has 5 nitrogen and oxygen atoms in total. The molecule has 0 atom stereocenters. The highest BCUT2D eigenvalue weighted by Gasteiger charge is 2.26. The summed E-state index contributed by atoms with van der Waals surface area (Å²) >= 11 is 0. The summed E-state index contributed by atoms with van der Waals surface area (Å²) in [5.41, 5.74) is 3.46. The van der Waals surface area contributed by atoms with Crippen LogP contribution in [-0.4, -0.2) is 18.8 Å². The summed E-state index contributed by atoms with van der Waals surface area (Å²) in [7, 11) is -4.40. The molecule has 1 aromatic heterocycles. The average molecular weight is 316 g/mol. The lowest BCUT2D eigenvalue weighted by atomic mass is 10.1. The van der Waals surface area contributed by atoms with Gasteiger partial charge in [-0.2, -0.15) is 13.0 Å². The smallest absolute Gasteiger partial charge is 0.294 e. The number of para-hydroxylation sites is 1. The number of carbonyl (C=O) groups excluding carboxylic acids is 1. The molecule has 0 aliphatic carbocycles. The summed E-state index contributed by atoms with van der Waals surface area (Å²) in [6.45, 7) is 4.88. The van der Waals surface area contributed by atoms with Gasteiger partial charge in [0.2, 0.25) is 11.4 Å². The van der Waals surface area contributed by atoms with E-state index in [9.17, 15) is 17.8 Å². The highest BCUT2D eigenvalue weighted by molar-refractivity contribution is 7.86. The van der Waals surface area contributed by atoms with E-state index in [2.05, 4.69) is 12.3 Å². The zero-order valence-corrected chi connectivity index (χ0v) is 12.7. The Bertz CT molecular complexity index is 894. The van der Waals surface area contributed by atoms with Gasteiger partial charge < -0.3 is 0 Å². The van der Waals surface area contributed by atoms with Crippen molar-refractivity contribution in [2.75, 3.05) is 0 Å². The number of hydrogen-bond donors (Lipinski definition) is 1. The first-order chi connectivity index (χ1) is 10.4. The molecule has 0 saturated carbocycles. The monoisotopic (exact) mass is 316 g/mol. The molecule has 0 amide bonds. The number of Topliss-reactive ketones (excluding diaryl/α,β-unsaturated/α-hetero) is 1. The largest absolute Gasteiger partial charge is 0.301 e. The summed E-state index contributed by atoms with van der Waals surface area (Å²) in [6.07, 6.45) is 1.60. The Morgan fingerprint density at radius 1 is 1.18 bits per heavy atom. The van der Waals surface area contributed by atoms with Gasteiger partial charge in [0.25, 0.3) is 0 Å². The van der Waals surface area contributed by atoms with Gasteiger partial charge in [-0.3, -0.25) is 9.35 Å². The van der Waals surface area contributed by atoms with Gasteiger partial charge in [-0.1, -0.05) is 18.7 Å². The van der Waals surface area contributed by atoms with Crippen LogP contribution in [0, 0.1) is 0 Å². The van der Waals surface area contributed by atoms with Crippen molar-refractivity contribution in [3.05, 3.63) is 66.7 Å². The van der Waals surface area contributed by atoms with E-state index in [-0.39, 0.29) is 21.9 Å². The predicted molar refractivity (Wildman–Crippen MR) is 81.0 cm³/mol. The highest BCUT2D eigenvalue weighted by atomic mass is 32.2. The minimum absolute atomic E-state index is 0.228. The quantitative estimate of drug-likeness (QED) is 0.405. The first-order valence-electron chi connectivity index (χ1n) is 6.35. The maximum absolute atomic E-state index is 11.7. The molecule has 0 aliphatic rings. The van der Waals surface area contributed by atoms with Gasteiger partial charge in [0.15, 0.2) is 16.9 Å². The number of benzene rings is 1. The summed E-state index contributed by atoms with van der Waals surface area (Å²) in [5, 5.41) is 0. The van der Waals surface area contributed by atoms with Crippen molar-refractivity contribution < 1.29 is 22.3 Å². The number of pyridine rings is 1. The molecule has 2 aromatic rings. The fraction of sp³-hybridized carbons (Fsp3) is 0.0625. The van der Waals surface area contributed by atoms with Crippen molar-refractivity contribution in [3.8, 4) is 5.69 Å². The Balaban J connectivity index is 2.82. The SMILES string of the molecule is C=C=C(C(C)=O)c1cccc[n+]1-c1ccccc1S(=O)(=O)O. The van der Waals surface area contributed by atoms with Crippen molar-refractivity contribution in [2.24, 2.45) is 0 Å². The minimum atomic E-state index is -4.40. The van der Waals surface area contributed by atoms with Crippen LogP contribution >= 0.6 is 0 Å². The van der Waals surface area contributed by atoms with Crippen LogP contribution in [-0.2, 0) is 14.9 Å². The Labute approximate surface area is 128 Å². The van der Waals surface area contributed by atoms with Gasteiger partial charge in [0, 0.05) is 25.1 Å². The van der Waals surface area contributed by atoms with E-state index >= 15 is 0 Å². The summed E-state index contributed by atoms with van der Waals surface area (Å²) in [6, 6.07) is 11.0. The molecule has 0 aliphatic heterocycles. The number of nitrogens with zero attached hydrogens (tertiary/aromatic N) is 1. The van der Waals surface area contributed by atoms with Crippen LogP contribution in [0.2, 0.25) is 0 Å². The minimum Gasteiger partial charge on any atom is -0.294 e. The van der Waals surface area contributed by atoms with E-state index in [1.54, 1.807) is 30.5 Å². The molecule has 2 rings (SSSR count).